The van der Waals surface area contributed by atoms with E-state index in [9.17, 15) is 4.39 Å². The maximum atomic E-state index is 13.5. The van der Waals surface area contributed by atoms with Crippen molar-refractivity contribution < 1.29 is 4.39 Å². The molecule has 0 bridgehead atoms. The van der Waals surface area contributed by atoms with Gasteiger partial charge in [0.25, 0.3) is 0 Å². The molecule has 0 saturated carbocycles. The van der Waals surface area contributed by atoms with Crippen molar-refractivity contribution >= 4 is 11.0 Å². The number of halogens is 1. The number of nitrogens with one attached hydrogen (secondary N) is 1. The number of H-pyrrole nitrogens is 1. The van der Waals surface area contributed by atoms with Crippen molar-refractivity contribution in [2.45, 2.75) is 25.4 Å². The average Bonchev–Trinajstić information content (AvgIpc) is 3.42. The van der Waals surface area contributed by atoms with Gasteiger partial charge in [-0.15, -0.1) is 0 Å². The van der Waals surface area contributed by atoms with Crippen LogP contribution in [-0.2, 0) is 6.54 Å². The van der Waals surface area contributed by atoms with Crippen molar-refractivity contribution in [1.82, 2.24) is 24.6 Å². The van der Waals surface area contributed by atoms with Crippen LogP contribution in [-0.4, -0.2) is 31.2 Å². The van der Waals surface area contributed by atoms with Gasteiger partial charge in [-0.25, -0.2) is 14.1 Å². The highest BCUT2D eigenvalue weighted by Gasteiger charge is 2.28. The second-order valence-corrected chi connectivity index (χ2v) is 7.03. The van der Waals surface area contributed by atoms with Gasteiger partial charge in [0.2, 0.25) is 0 Å². The van der Waals surface area contributed by atoms with E-state index in [2.05, 4.69) is 39.2 Å². The van der Waals surface area contributed by atoms with E-state index in [1.807, 2.05) is 16.9 Å². The summed E-state index contributed by atoms with van der Waals surface area (Å²) in [5.74, 6) is 0.688. The summed E-state index contributed by atoms with van der Waals surface area (Å²) in [6.07, 6.45) is 5.93. The number of fused-ring (bicyclic) bond motifs is 1. The van der Waals surface area contributed by atoms with Crippen molar-refractivity contribution in [2.24, 2.45) is 0 Å². The number of rotatable bonds is 4. The molecule has 3 heterocycles. The van der Waals surface area contributed by atoms with E-state index in [1.165, 1.54) is 17.7 Å². The number of likely N-dealkylation sites (tertiary alicyclic amines) is 1. The predicted molar refractivity (Wildman–Crippen MR) is 102 cm³/mol. The molecule has 2 aromatic carbocycles. The van der Waals surface area contributed by atoms with Crippen LogP contribution in [0.5, 0.6) is 0 Å². The third kappa shape index (κ3) is 3.13. The molecule has 1 N–H and O–H groups in total. The quantitative estimate of drug-likeness (QED) is 0.592. The third-order valence-corrected chi connectivity index (χ3v) is 5.21. The Morgan fingerprint density at radius 3 is 3.00 bits per heavy atom. The van der Waals surface area contributed by atoms with Crippen LogP contribution in [0.1, 0.15) is 30.3 Å². The molecule has 1 saturated heterocycles. The summed E-state index contributed by atoms with van der Waals surface area (Å²) in [5.41, 5.74) is 3.89. The molecule has 1 aliphatic rings. The van der Waals surface area contributed by atoms with E-state index in [-0.39, 0.29) is 11.9 Å². The molecule has 1 atom stereocenters. The Bertz CT molecular complexity index is 1070. The molecule has 5 nitrogen and oxygen atoms in total. The van der Waals surface area contributed by atoms with Gasteiger partial charge in [-0.2, -0.15) is 5.10 Å². The Morgan fingerprint density at radius 1 is 1.15 bits per heavy atom. The molecular weight excluding hydrogens is 341 g/mol. The van der Waals surface area contributed by atoms with Crippen LogP contribution in [0.25, 0.3) is 16.7 Å². The summed E-state index contributed by atoms with van der Waals surface area (Å²) in [4.78, 5) is 10.5. The van der Waals surface area contributed by atoms with E-state index in [0.717, 1.165) is 48.5 Å². The molecule has 0 unspecified atom stereocenters. The summed E-state index contributed by atoms with van der Waals surface area (Å²) in [5, 5.41) is 4.31. The first-order chi connectivity index (χ1) is 13.3. The maximum Gasteiger partial charge on any atom is 0.125 e. The maximum absolute atomic E-state index is 13.5. The van der Waals surface area contributed by atoms with Crippen LogP contribution >= 0.6 is 0 Å². The number of nitrogens with zero attached hydrogens (tertiary/aromatic N) is 4. The molecule has 0 spiro atoms. The summed E-state index contributed by atoms with van der Waals surface area (Å²) < 4.78 is 15.4. The minimum Gasteiger partial charge on any atom is -0.341 e. The summed E-state index contributed by atoms with van der Waals surface area (Å²) in [6, 6.07) is 15.3. The van der Waals surface area contributed by atoms with Crippen LogP contribution in [0.4, 0.5) is 4.39 Å². The van der Waals surface area contributed by atoms with Gasteiger partial charge in [-0.3, -0.25) is 4.90 Å². The number of aromatic amines is 1. The lowest BCUT2D eigenvalue weighted by molar-refractivity contribution is 0.241. The second kappa shape index (κ2) is 6.63. The first-order valence-electron chi connectivity index (χ1n) is 9.24. The van der Waals surface area contributed by atoms with Crippen molar-refractivity contribution in [3.8, 4) is 5.69 Å². The van der Waals surface area contributed by atoms with E-state index in [1.54, 1.807) is 12.3 Å². The van der Waals surface area contributed by atoms with Gasteiger partial charge in [-0.1, -0.05) is 12.1 Å². The lowest BCUT2D eigenvalue weighted by atomic mass is 10.1. The number of aromatic nitrogens is 4. The van der Waals surface area contributed by atoms with Crippen LogP contribution < -0.4 is 0 Å². The van der Waals surface area contributed by atoms with Crippen LogP contribution in [0, 0.1) is 5.82 Å². The Kier molecular flexibility index (Phi) is 3.98. The van der Waals surface area contributed by atoms with E-state index < -0.39 is 0 Å². The molecule has 136 valence electrons. The highest BCUT2D eigenvalue weighted by atomic mass is 19.1. The molecule has 1 aliphatic heterocycles. The standard InChI is InChI=1S/C21H20FN5/c22-16-7-8-18-19(13-16)25-21(24-18)20-6-2-10-26(20)14-15-4-1-5-17(12-15)27-11-3-9-23-27/h1,3-5,7-9,11-13,20H,2,6,10,14H2,(H,24,25)/t20-/m1/s1. The molecule has 5 rings (SSSR count). The highest BCUT2D eigenvalue weighted by molar-refractivity contribution is 5.75. The number of benzene rings is 2. The minimum atomic E-state index is -0.239. The zero-order valence-electron chi connectivity index (χ0n) is 14.8. The Balaban J connectivity index is 1.40. The summed E-state index contributed by atoms with van der Waals surface area (Å²) in [7, 11) is 0. The first kappa shape index (κ1) is 16.2. The van der Waals surface area contributed by atoms with Gasteiger partial charge in [0.1, 0.15) is 11.6 Å². The van der Waals surface area contributed by atoms with Crippen molar-refractivity contribution in [3.63, 3.8) is 0 Å². The third-order valence-electron chi connectivity index (χ3n) is 5.21. The SMILES string of the molecule is Fc1ccc2nc([C@H]3CCCN3Cc3cccc(-n4cccn4)c3)[nH]c2c1. The topological polar surface area (TPSA) is 49.7 Å². The Hall–Kier alpha value is -2.99. The van der Waals surface area contributed by atoms with E-state index in [0.29, 0.717) is 0 Å². The van der Waals surface area contributed by atoms with Crippen molar-refractivity contribution in [1.29, 1.82) is 0 Å². The van der Waals surface area contributed by atoms with Crippen LogP contribution in [0.15, 0.2) is 60.9 Å². The Labute approximate surface area is 156 Å². The molecular formula is C21H20FN5. The number of imidazole rings is 1. The minimum absolute atomic E-state index is 0.230. The van der Waals surface area contributed by atoms with E-state index in [4.69, 9.17) is 4.98 Å². The zero-order chi connectivity index (χ0) is 18.2. The van der Waals surface area contributed by atoms with Crippen molar-refractivity contribution in [2.75, 3.05) is 6.54 Å². The fourth-order valence-electron chi connectivity index (χ4n) is 3.94. The van der Waals surface area contributed by atoms with Gasteiger partial charge < -0.3 is 4.98 Å². The van der Waals surface area contributed by atoms with Gasteiger partial charge in [0.15, 0.2) is 0 Å². The molecule has 0 amide bonds. The lowest BCUT2D eigenvalue weighted by Gasteiger charge is -2.23. The highest BCUT2D eigenvalue weighted by Crippen LogP contribution is 2.33. The lowest BCUT2D eigenvalue weighted by Crippen LogP contribution is -2.23. The Morgan fingerprint density at radius 2 is 2.11 bits per heavy atom. The largest absolute Gasteiger partial charge is 0.341 e. The summed E-state index contributed by atoms with van der Waals surface area (Å²) in [6.45, 7) is 1.88. The normalized spacial score (nSPS) is 17.7. The fraction of sp³-hybridized carbons (Fsp3) is 0.238. The number of hydrogen-bond acceptors (Lipinski definition) is 3. The smallest absolute Gasteiger partial charge is 0.125 e. The molecule has 6 heteroatoms. The van der Waals surface area contributed by atoms with Gasteiger partial charge in [-0.05, 0) is 61.3 Å². The van der Waals surface area contributed by atoms with Crippen LogP contribution in [0.2, 0.25) is 0 Å². The molecule has 0 aliphatic carbocycles. The van der Waals surface area contributed by atoms with E-state index >= 15 is 0 Å². The van der Waals surface area contributed by atoms with Gasteiger partial charge in [0, 0.05) is 18.9 Å². The monoisotopic (exact) mass is 361 g/mol. The molecule has 2 aromatic heterocycles. The molecule has 27 heavy (non-hydrogen) atoms. The molecule has 4 aromatic rings. The average molecular weight is 361 g/mol. The predicted octanol–water partition coefficient (Wildman–Crippen LogP) is 4.22. The molecule has 0 radical (unpaired) electrons. The number of hydrogen-bond donors (Lipinski definition) is 1. The first-order valence-corrected chi connectivity index (χ1v) is 9.24. The van der Waals surface area contributed by atoms with Gasteiger partial charge >= 0.3 is 0 Å². The molecule has 1 fully saturated rings. The van der Waals surface area contributed by atoms with Crippen LogP contribution in [0.3, 0.4) is 0 Å². The summed E-state index contributed by atoms with van der Waals surface area (Å²) >= 11 is 0. The second-order valence-electron chi connectivity index (χ2n) is 7.03. The van der Waals surface area contributed by atoms with Gasteiger partial charge in [0.05, 0.1) is 22.8 Å². The fourth-order valence-corrected chi connectivity index (χ4v) is 3.94. The van der Waals surface area contributed by atoms with Crippen molar-refractivity contribution in [3.05, 3.63) is 78.1 Å². The zero-order valence-corrected chi connectivity index (χ0v) is 14.8.